The molecule has 1 heterocycles. The summed E-state index contributed by atoms with van der Waals surface area (Å²) in [5.74, 6) is -0.527. The lowest BCUT2D eigenvalue weighted by molar-refractivity contribution is 0.571. The third-order valence-electron chi connectivity index (χ3n) is 0.925. The van der Waals surface area contributed by atoms with Crippen LogP contribution in [0.15, 0.2) is 6.20 Å². The zero-order chi connectivity index (χ0) is 6.85. The molecule has 1 aromatic rings. The van der Waals surface area contributed by atoms with Gasteiger partial charge in [0.05, 0.1) is 11.9 Å². The van der Waals surface area contributed by atoms with E-state index in [1.807, 2.05) is 0 Å². The lowest BCUT2D eigenvalue weighted by atomic mass is 10.5. The van der Waals surface area contributed by atoms with Gasteiger partial charge in [0, 0.05) is 0 Å². The van der Waals surface area contributed by atoms with Crippen molar-refractivity contribution >= 4 is 12.2 Å². The Morgan fingerprint density at radius 3 is 2.89 bits per heavy atom. The van der Waals surface area contributed by atoms with Gasteiger partial charge in [-0.25, -0.2) is 4.98 Å². The standard InChI is InChI=1S/C5H5FN2S/c1-3-5(9)7-2-4(6)8-3/h2H,1H3,(H,7,9). The Balaban J connectivity index is 3.34. The fourth-order valence-electron chi connectivity index (χ4n) is 0.473. The smallest absolute Gasteiger partial charge is 0.229 e. The van der Waals surface area contributed by atoms with Crippen molar-refractivity contribution in [2.24, 2.45) is 0 Å². The number of nitrogens with zero attached hydrogens (tertiary/aromatic N) is 1. The lowest BCUT2D eigenvalue weighted by Crippen LogP contribution is -1.89. The van der Waals surface area contributed by atoms with Crippen molar-refractivity contribution in [2.75, 3.05) is 0 Å². The lowest BCUT2D eigenvalue weighted by Gasteiger charge is -1.89. The highest BCUT2D eigenvalue weighted by molar-refractivity contribution is 7.71. The Kier molecular flexibility index (Phi) is 1.57. The van der Waals surface area contributed by atoms with Gasteiger partial charge < -0.3 is 4.98 Å². The van der Waals surface area contributed by atoms with Crippen LogP contribution in [-0.4, -0.2) is 9.97 Å². The van der Waals surface area contributed by atoms with Crippen molar-refractivity contribution in [1.82, 2.24) is 9.97 Å². The average Bonchev–Trinajstić information content (AvgIpc) is 1.80. The number of aryl methyl sites for hydroxylation is 1. The van der Waals surface area contributed by atoms with E-state index in [2.05, 4.69) is 9.97 Å². The monoisotopic (exact) mass is 144 g/mol. The van der Waals surface area contributed by atoms with Crippen LogP contribution in [0.4, 0.5) is 4.39 Å². The maximum Gasteiger partial charge on any atom is 0.229 e. The Morgan fingerprint density at radius 2 is 2.44 bits per heavy atom. The van der Waals surface area contributed by atoms with Gasteiger partial charge in [-0.05, 0) is 6.92 Å². The fraction of sp³-hybridized carbons (Fsp3) is 0.200. The van der Waals surface area contributed by atoms with Gasteiger partial charge in [0.15, 0.2) is 0 Å². The Hall–Kier alpha value is -0.770. The van der Waals surface area contributed by atoms with Crippen molar-refractivity contribution in [3.8, 4) is 0 Å². The molecule has 1 aromatic heterocycles. The zero-order valence-electron chi connectivity index (χ0n) is 4.81. The minimum Gasteiger partial charge on any atom is -0.347 e. The fourth-order valence-corrected chi connectivity index (χ4v) is 0.577. The molecule has 1 N–H and O–H groups in total. The number of halogens is 1. The maximum absolute atomic E-state index is 12.2. The largest absolute Gasteiger partial charge is 0.347 e. The van der Waals surface area contributed by atoms with E-state index in [1.54, 1.807) is 6.92 Å². The van der Waals surface area contributed by atoms with Crippen molar-refractivity contribution < 1.29 is 4.39 Å². The predicted molar refractivity (Wildman–Crippen MR) is 34.1 cm³/mol. The summed E-state index contributed by atoms with van der Waals surface area (Å²) in [7, 11) is 0. The number of aromatic amines is 1. The predicted octanol–water partition coefficient (Wildman–Crippen LogP) is 1.59. The van der Waals surface area contributed by atoms with Gasteiger partial charge >= 0.3 is 0 Å². The molecule has 48 valence electrons. The molecular formula is C5H5FN2S. The molecule has 0 aliphatic carbocycles. The van der Waals surface area contributed by atoms with E-state index in [9.17, 15) is 4.39 Å². The van der Waals surface area contributed by atoms with E-state index in [0.29, 0.717) is 10.3 Å². The molecule has 0 saturated carbocycles. The van der Waals surface area contributed by atoms with Gasteiger partial charge in [0.1, 0.15) is 4.64 Å². The Labute approximate surface area is 56.8 Å². The number of hydrogen-bond donors (Lipinski definition) is 1. The van der Waals surface area contributed by atoms with E-state index >= 15 is 0 Å². The second-order valence-electron chi connectivity index (χ2n) is 1.64. The van der Waals surface area contributed by atoms with E-state index in [1.165, 1.54) is 0 Å². The molecular weight excluding hydrogens is 139 g/mol. The zero-order valence-corrected chi connectivity index (χ0v) is 5.63. The van der Waals surface area contributed by atoms with E-state index in [4.69, 9.17) is 12.2 Å². The summed E-state index contributed by atoms with van der Waals surface area (Å²) in [6.07, 6.45) is 1.13. The molecule has 0 saturated heterocycles. The van der Waals surface area contributed by atoms with Gasteiger partial charge in [-0.15, -0.1) is 0 Å². The molecule has 0 aliphatic heterocycles. The SMILES string of the molecule is Cc1nc(F)c[nH]c1=S. The minimum atomic E-state index is -0.527. The van der Waals surface area contributed by atoms with Crippen molar-refractivity contribution in [3.63, 3.8) is 0 Å². The van der Waals surface area contributed by atoms with E-state index in [0.717, 1.165) is 6.20 Å². The summed E-state index contributed by atoms with van der Waals surface area (Å²) >= 11 is 4.73. The first kappa shape index (κ1) is 6.35. The summed E-state index contributed by atoms with van der Waals surface area (Å²) in [5.41, 5.74) is 0.519. The topological polar surface area (TPSA) is 28.7 Å². The number of nitrogens with one attached hydrogen (secondary N) is 1. The van der Waals surface area contributed by atoms with Crippen molar-refractivity contribution in [2.45, 2.75) is 6.92 Å². The molecule has 0 aliphatic rings. The summed E-state index contributed by atoms with van der Waals surface area (Å²) in [6.45, 7) is 1.65. The molecule has 0 amide bonds. The number of H-pyrrole nitrogens is 1. The highest BCUT2D eigenvalue weighted by Crippen LogP contribution is 1.93. The van der Waals surface area contributed by atoms with Crippen molar-refractivity contribution in [1.29, 1.82) is 0 Å². The van der Waals surface area contributed by atoms with Gasteiger partial charge in [-0.2, -0.15) is 4.39 Å². The van der Waals surface area contributed by atoms with Gasteiger partial charge in [0.25, 0.3) is 0 Å². The molecule has 4 heteroatoms. The third kappa shape index (κ3) is 1.32. The summed E-state index contributed by atoms with van der Waals surface area (Å²) in [4.78, 5) is 6.02. The highest BCUT2D eigenvalue weighted by atomic mass is 32.1. The van der Waals surface area contributed by atoms with Gasteiger partial charge in [-0.1, -0.05) is 12.2 Å². The van der Waals surface area contributed by atoms with Crippen LogP contribution >= 0.6 is 12.2 Å². The number of hydrogen-bond acceptors (Lipinski definition) is 2. The first-order chi connectivity index (χ1) is 4.20. The summed E-state index contributed by atoms with van der Waals surface area (Å²) < 4.78 is 12.6. The first-order valence-electron chi connectivity index (χ1n) is 2.42. The molecule has 9 heavy (non-hydrogen) atoms. The van der Waals surface area contributed by atoms with E-state index < -0.39 is 5.95 Å². The molecule has 0 spiro atoms. The second kappa shape index (κ2) is 2.23. The normalized spacial score (nSPS) is 9.56. The third-order valence-corrected chi connectivity index (χ3v) is 1.34. The minimum absolute atomic E-state index is 0.483. The summed E-state index contributed by atoms with van der Waals surface area (Å²) in [6, 6.07) is 0. The molecule has 0 radical (unpaired) electrons. The van der Waals surface area contributed by atoms with Crippen LogP contribution in [0, 0.1) is 17.5 Å². The maximum atomic E-state index is 12.2. The average molecular weight is 144 g/mol. The van der Waals surface area contributed by atoms with Crippen LogP contribution in [0.2, 0.25) is 0 Å². The molecule has 0 fully saturated rings. The van der Waals surface area contributed by atoms with Crippen LogP contribution in [0.5, 0.6) is 0 Å². The van der Waals surface area contributed by atoms with Crippen LogP contribution in [0.1, 0.15) is 5.69 Å². The van der Waals surface area contributed by atoms with Gasteiger partial charge in [-0.3, -0.25) is 0 Å². The van der Waals surface area contributed by atoms with Crippen LogP contribution in [0.25, 0.3) is 0 Å². The van der Waals surface area contributed by atoms with Crippen LogP contribution in [-0.2, 0) is 0 Å². The Morgan fingerprint density at radius 1 is 1.78 bits per heavy atom. The molecule has 0 unspecified atom stereocenters. The molecule has 0 aromatic carbocycles. The Bertz CT molecular complexity index is 268. The summed E-state index contributed by atoms with van der Waals surface area (Å²) in [5, 5.41) is 0. The molecule has 0 bridgehead atoms. The number of aromatic nitrogens is 2. The molecule has 0 atom stereocenters. The van der Waals surface area contributed by atoms with Crippen molar-refractivity contribution in [3.05, 3.63) is 22.5 Å². The van der Waals surface area contributed by atoms with Gasteiger partial charge in [0.2, 0.25) is 5.95 Å². The van der Waals surface area contributed by atoms with Crippen LogP contribution < -0.4 is 0 Å². The molecule has 1 rings (SSSR count). The highest BCUT2D eigenvalue weighted by Gasteiger charge is 1.91. The quantitative estimate of drug-likeness (QED) is 0.560. The van der Waals surface area contributed by atoms with Crippen LogP contribution in [0.3, 0.4) is 0 Å². The number of rotatable bonds is 0. The second-order valence-corrected chi connectivity index (χ2v) is 2.05. The van der Waals surface area contributed by atoms with E-state index in [-0.39, 0.29) is 0 Å². The first-order valence-corrected chi connectivity index (χ1v) is 2.83. The molecule has 2 nitrogen and oxygen atoms in total.